The lowest BCUT2D eigenvalue weighted by Gasteiger charge is -2.32. The number of nitro benzene ring substituents is 1. The second-order valence-electron chi connectivity index (χ2n) is 10.9. The van der Waals surface area contributed by atoms with Crippen LogP contribution in [0, 0.1) is 10.1 Å². The van der Waals surface area contributed by atoms with Crippen LogP contribution in [-0.4, -0.2) is 50.8 Å². The summed E-state index contributed by atoms with van der Waals surface area (Å²) in [4.78, 5) is 14.3. The predicted octanol–water partition coefficient (Wildman–Crippen LogP) is 6.48. The van der Waals surface area contributed by atoms with Gasteiger partial charge in [0.05, 0.1) is 27.9 Å². The molecule has 0 bridgehead atoms. The largest absolute Gasteiger partial charge is 0.468 e. The van der Waals surface area contributed by atoms with E-state index in [1.165, 1.54) is 28.1 Å². The van der Waals surface area contributed by atoms with Crippen LogP contribution in [-0.2, 0) is 18.7 Å². The van der Waals surface area contributed by atoms with Gasteiger partial charge in [-0.05, 0) is 60.4 Å². The molecule has 3 aromatic carbocycles. The van der Waals surface area contributed by atoms with Crippen molar-refractivity contribution in [2.75, 3.05) is 18.2 Å². The minimum Gasteiger partial charge on any atom is -0.468 e. The van der Waals surface area contributed by atoms with Crippen LogP contribution < -0.4 is 5.32 Å². The van der Waals surface area contributed by atoms with Gasteiger partial charge in [0, 0.05) is 42.4 Å². The Labute approximate surface area is 243 Å². The Morgan fingerprint density at radius 3 is 2.70 bits per heavy atom. The molecule has 1 aliphatic rings. The number of thioether (sulfide) groups is 2. The van der Waals surface area contributed by atoms with E-state index in [0.29, 0.717) is 23.7 Å². The van der Waals surface area contributed by atoms with E-state index in [4.69, 9.17) is 4.42 Å². The first-order chi connectivity index (χ1) is 19.3. The summed E-state index contributed by atoms with van der Waals surface area (Å²) in [5, 5.41) is 29.1. The second kappa shape index (κ2) is 12.8. The summed E-state index contributed by atoms with van der Waals surface area (Å²) < 4.78 is 5.36. The topological polar surface area (TPSA) is 91.8 Å². The zero-order valence-electron chi connectivity index (χ0n) is 22.8. The van der Waals surface area contributed by atoms with Gasteiger partial charge in [-0.25, -0.2) is 0 Å². The third-order valence-electron chi connectivity index (χ3n) is 7.26. The van der Waals surface area contributed by atoms with Crippen molar-refractivity contribution in [3.05, 3.63) is 106 Å². The van der Waals surface area contributed by atoms with Crippen molar-refractivity contribution < 1.29 is 14.4 Å². The molecule has 2 heterocycles. The fraction of sp³-hybridized carbons (Fsp3) is 0.355. The highest BCUT2D eigenvalue weighted by Crippen LogP contribution is 2.34. The molecular weight excluding hydrogens is 542 g/mol. The van der Waals surface area contributed by atoms with E-state index in [9.17, 15) is 15.2 Å². The summed E-state index contributed by atoms with van der Waals surface area (Å²) in [5.41, 5.74) is 2.05. The molecule has 4 aromatic rings. The Kier molecular flexibility index (Phi) is 9.17. The van der Waals surface area contributed by atoms with Crippen molar-refractivity contribution >= 4 is 40.0 Å². The Morgan fingerprint density at radius 2 is 1.93 bits per heavy atom. The van der Waals surface area contributed by atoms with Gasteiger partial charge in [-0.3, -0.25) is 15.0 Å². The predicted molar refractivity (Wildman–Crippen MR) is 164 cm³/mol. The van der Waals surface area contributed by atoms with Gasteiger partial charge in [0.2, 0.25) is 0 Å². The molecule has 0 unspecified atom stereocenters. The lowest BCUT2D eigenvalue weighted by molar-refractivity contribution is -0.387. The maximum absolute atomic E-state index is 11.8. The van der Waals surface area contributed by atoms with Gasteiger partial charge in [0.15, 0.2) is 0 Å². The van der Waals surface area contributed by atoms with Crippen LogP contribution in [0.5, 0.6) is 0 Å². The second-order valence-corrected chi connectivity index (χ2v) is 12.9. The van der Waals surface area contributed by atoms with E-state index in [1.54, 1.807) is 24.1 Å². The highest BCUT2D eigenvalue weighted by molar-refractivity contribution is 7.99. The van der Waals surface area contributed by atoms with Crippen molar-refractivity contribution in [2.24, 2.45) is 0 Å². The monoisotopic (exact) mass is 577 g/mol. The maximum Gasteiger partial charge on any atom is 0.283 e. The number of nitrogens with zero attached hydrogens (tertiary/aromatic N) is 2. The first-order valence-corrected chi connectivity index (χ1v) is 15.6. The molecule has 40 heavy (non-hydrogen) atoms. The number of furan rings is 1. The number of β-amino-alcohol motifs (C(OH)–C–C–N with tert-alkyl or cyclic N) is 1. The minimum atomic E-state index is -0.552. The maximum atomic E-state index is 11.8. The molecule has 1 aromatic heterocycles. The Hall–Kier alpha value is -2.82. The number of hydrogen-bond acceptors (Lipinski definition) is 8. The van der Waals surface area contributed by atoms with Crippen molar-refractivity contribution in [1.29, 1.82) is 0 Å². The van der Waals surface area contributed by atoms with Crippen LogP contribution >= 0.6 is 23.5 Å². The van der Waals surface area contributed by atoms with Gasteiger partial charge >= 0.3 is 0 Å². The van der Waals surface area contributed by atoms with E-state index < -0.39 is 6.10 Å². The fourth-order valence-corrected chi connectivity index (χ4v) is 7.36. The number of aliphatic hydroxyl groups is 1. The normalized spacial score (nSPS) is 16.9. The van der Waals surface area contributed by atoms with Crippen LogP contribution in [0.15, 0.2) is 88.4 Å². The number of rotatable bonds is 12. The van der Waals surface area contributed by atoms with E-state index in [2.05, 4.69) is 66.5 Å². The minimum absolute atomic E-state index is 0.0268. The summed E-state index contributed by atoms with van der Waals surface area (Å²) in [6, 6.07) is 24.1. The van der Waals surface area contributed by atoms with Crippen molar-refractivity contribution in [3.63, 3.8) is 0 Å². The van der Waals surface area contributed by atoms with Gasteiger partial charge in [-0.15, -0.1) is 23.5 Å². The van der Waals surface area contributed by atoms with Crippen LogP contribution in [0.2, 0.25) is 0 Å². The SMILES string of the molecule is CC(C)(Cc1ccc2ccccc2c1)NC[C@H](O)[C@H]1CSCN1Cc1ccc(SCc2ccco2)c([N+](=O)[O-])c1. The number of fused-ring (bicyclic) bond motifs is 1. The molecule has 5 rings (SSSR count). The first-order valence-electron chi connectivity index (χ1n) is 13.4. The van der Waals surface area contributed by atoms with Gasteiger partial charge in [0.25, 0.3) is 5.69 Å². The molecule has 2 N–H and O–H groups in total. The number of nitro groups is 1. The first kappa shape index (κ1) is 28.7. The number of aliphatic hydroxyl groups excluding tert-OH is 1. The summed E-state index contributed by atoms with van der Waals surface area (Å²) in [6.45, 7) is 5.37. The Morgan fingerprint density at radius 1 is 1.12 bits per heavy atom. The highest BCUT2D eigenvalue weighted by atomic mass is 32.2. The lowest BCUT2D eigenvalue weighted by Crippen LogP contribution is -2.50. The summed E-state index contributed by atoms with van der Waals surface area (Å²) in [6.07, 6.45) is 1.90. The van der Waals surface area contributed by atoms with Crippen LogP contribution in [0.25, 0.3) is 10.8 Å². The molecule has 2 atom stereocenters. The third kappa shape index (κ3) is 7.27. The van der Waals surface area contributed by atoms with Gasteiger partial charge < -0.3 is 14.8 Å². The molecule has 1 aliphatic heterocycles. The molecule has 1 saturated heterocycles. The molecule has 0 spiro atoms. The average Bonchev–Trinajstić information content (AvgIpc) is 3.63. The molecule has 210 valence electrons. The van der Waals surface area contributed by atoms with E-state index in [0.717, 1.165) is 29.4 Å². The number of hydrogen-bond donors (Lipinski definition) is 2. The quantitative estimate of drug-likeness (QED) is 0.112. The van der Waals surface area contributed by atoms with Gasteiger partial charge in [-0.1, -0.05) is 48.5 Å². The van der Waals surface area contributed by atoms with Gasteiger partial charge in [-0.2, -0.15) is 0 Å². The fourth-order valence-electron chi connectivity index (χ4n) is 5.15. The molecule has 0 saturated carbocycles. The molecule has 7 nitrogen and oxygen atoms in total. The van der Waals surface area contributed by atoms with Crippen molar-refractivity contribution in [1.82, 2.24) is 10.2 Å². The summed E-state index contributed by atoms with van der Waals surface area (Å²) in [7, 11) is 0. The smallest absolute Gasteiger partial charge is 0.283 e. The van der Waals surface area contributed by atoms with Crippen molar-refractivity contribution in [2.45, 2.75) is 55.1 Å². The standard InChI is InChI=1S/C31H35N3O4S2/c1-31(2,16-22-9-11-24-6-3-4-7-25(24)14-22)32-17-29(35)28-20-39-21-33(28)18-23-10-12-30(27(15-23)34(36)37)40-19-26-8-5-13-38-26/h3-15,28-29,32,35H,16-21H2,1-2H3/t28-,29+/m1/s1. The molecule has 1 fully saturated rings. The summed E-state index contributed by atoms with van der Waals surface area (Å²) in [5.74, 6) is 2.93. The van der Waals surface area contributed by atoms with Crippen LogP contribution in [0.1, 0.15) is 30.7 Å². The highest BCUT2D eigenvalue weighted by Gasteiger charge is 2.32. The Balaban J connectivity index is 1.18. The molecular formula is C31H35N3O4S2. The molecule has 0 radical (unpaired) electrons. The van der Waals surface area contributed by atoms with Crippen molar-refractivity contribution in [3.8, 4) is 0 Å². The van der Waals surface area contributed by atoms with Crippen LogP contribution in [0.4, 0.5) is 5.69 Å². The Bertz CT molecular complexity index is 1440. The molecule has 0 aliphatic carbocycles. The van der Waals surface area contributed by atoms with Crippen LogP contribution in [0.3, 0.4) is 0 Å². The van der Waals surface area contributed by atoms with E-state index in [1.807, 2.05) is 24.3 Å². The zero-order chi connectivity index (χ0) is 28.1. The van der Waals surface area contributed by atoms with E-state index in [-0.39, 0.29) is 22.2 Å². The third-order valence-corrected chi connectivity index (χ3v) is 9.44. The number of benzene rings is 3. The molecule has 0 amide bonds. The zero-order valence-corrected chi connectivity index (χ0v) is 24.4. The van der Waals surface area contributed by atoms with Gasteiger partial charge in [0.1, 0.15) is 5.76 Å². The molecule has 9 heteroatoms. The number of nitrogens with one attached hydrogen (secondary N) is 1. The average molecular weight is 578 g/mol. The summed E-state index contributed by atoms with van der Waals surface area (Å²) >= 11 is 3.18. The lowest BCUT2D eigenvalue weighted by atomic mass is 9.93. The van der Waals surface area contributed by atoms with E-state index >= 15 is 0 Å².